The van der Waals surface area contributed by atoms with Gasteiger partial charge in [0.1, 0.15) is 6.10 Å². The quantitative estimate of drug-likeness (QED) is 0.824. The predicted octanol–water partition coefficient (Wildman–Crippen LogP) is 1.59. The van der Waals surface area contributed by atoms with Gasteiger partial charge in [0.25, 0.3) is 0 Å². The van der Waals surface area contributed by atoms with Crippen LogP contribution in [0.3, 0.4) is 0 Å². The molecule has 1 aromatic carbocycles. The molecule has 0 radical (unpaired) electrons. The van der Waals surface area contributed by atoms with Crippen LogP contribution in [0, 0.1) is 0 Å². The number of halogens is 4. The SMILES string of the molecule is COC(=O)[C@@H](NC(=O)C(F)(F)F)[C@@H](O)c1cccc(Cl)c1. The second-order valence-corrected chi connectivity index (χ2v) is 4.41. The summed E-state index contributed by atoms with van der Waals surface area (Å²) < 4.78 is 41.0. The summed E-state index contributed by atoms with van der Waals surface area (Å²) in [7, 11) is 0.916. The molecule has 0 aliphatic carbocycles. The molecule has 5 nitrogen and oxygen atoms in total. The number of hydrogen-bond acceptors (Lipinski definition) is 4. The number of methoxy groups -OCH3 is 1. The van der Waals surface area contributed by atoms with Crippen molar-refractivity contribution in [3.05, 3.63) is 34.9 Å². The van der Waals surface area contributed by atoms with Gasteiger partial charge in [-0.05, 0) is 17.7 Å². The largest absolute Gasteiger partial charge is 0.471 e. The Morgan fingerprint density at radius 3 is 2.48 bits per heavy atom. The normalized spacial score (nSPS) is 14.2. The van der Waals surface area contributed by atoms with Gasteiger partial charge in [0.15, 0.2) is 6.04 Å². The molecule has 0 aliphatic rings. The Kier molecular flexibility index (Phi) is 5.56. The number of hydrogen-bond donors (Lipinski definition) is 2. The van der Waals surface area contributed by atoms with Crippen molar-refractivity contribution in [3.8, 4) is 0 Å². The minimum absolute atomic E-state index is 0.0559. The van der Waals surface area contributed by atoms with E-state index in [1.54, 1.807) is 0 Å². The average molecular weight is 326 g/mol. The second-order valence-electron chi connectivity index (χ2n) is 3.97. The molecule has 116 valence electrons. The van der Waals surface area contributed by atoms with E-state index >= 15 is 0 Å². The summed E-state index contributed by atoms with van der Waals surface area (Å²) in [5.41, 5.74) is 0.0559. The van der Waals surface area contributed by atoms with Gasteiger partial charge in [-0.3, -0.25) is 4.79 Å². The fourth-order valence-electron chi connectivity index (χ4n) is 1.50. The summed E-state index contributed by atoms with van der Waals surface area (Å²) in [6.45, 7) is 0. The summed E-state index contributed by atoms with van der Waals surface area (Å²) >= 11 is 5.69. The molecule has 0 heterocycles. The molecule has 1 rings (SSSR count). The number of rotatable bonds is 4. The van der Waals surface area contributed by atoms with Crippen LogP contribution in [0.25, 0.3) is 0 Å². The Labute approximate surface area is 122 Å². The number of carbonyl (C=O) groups excluding carboxylic acids is 2. The van der Waals surface area contributed by atoms with Crippen molar-refractivity contribution >= 4 is 23.5 Å². The molecule has 0 saturated carbocycles. The molecule has 0 spiro atoms. The highest BCUT2D eigenvalue weighted by molar-refractivity contribution is 6.30. The first-order valence-electron chi connectivity index (χ1n) is 5.56. The van der Waals surface area contributed by atoms with Crippen molar-refractivity contribution in [1.29, 1.82) is 0 Å². The van der Waals surface area contributed by atoms with E-state index in [-0.39, 0.29) is 10.6 Å². The lowest BCUT2D eigenvalue weighted by Crippen LogP contribution is -2.50. The number of aliphatic hydroxyl groups excluding tert-OH is 1. The molecule has 0 fully saturated rings. The monoisotopic (exact) mass is 325 g/mol. The summed E-state index contributed by atoms with van der Waals surface area (Å²) in [6, 6.07) is 3.58. The van der Waals surface area contributed by atoms with Crippen LogP contribution in [0.2, 0.25) is 5.02 Å². The van der Waals surface area contributed by atoms with Gasteiger partial charge in [-0.15, -0.1) is 0 Å². The van der Waals surface area contributed by atoms with Crippen molar-refractivity contribution in [1.82, 2.24) is 5.32 Å². The number of esters is 1. The third-order valence-corrected chi connectivity index (χ3v) is 2.74. The lowest BCUT2D eigenvalue weighted by Gasteiger charge is -2.22. The highest BCUT2D eigenvalue weighted by Crippen LogP contribution is 2.23. The van der Waals surface area contributed by atoms with Crippen molar-refractivity contribution in [2.45, 2.75) is 18.3 Å². The molecule has 9 heteroatoms. The van der Waals surface area contributed by atoms with E-state index in [0.29, 0.717) is 0 Å². The Balaban J connectivity index is 3.03. The van der Waals surface area contributed by atoms with E-state index in [1.165, 1.54) is 29.6 Å². The minimum Gasteiger partial charge on any atom is -0.467 e. The van der Waals surface area contributed by atoms with Gasteiger partial charge < -0.3 is 15.2 Å². The zero-order chi connectivity index (χ0) is 16.2. The first kappa shape index (κ1) is 17.3. The fraction of sp³-hybridized carbons (Fsp3) is 0.333. The highest BCUT2D eigenvalue weighted by atomic mass is 35.5. The van der Waals surface area contributed by atoms with Crippen LogP contribution in [-0.2, 0) is 14.3 Å². The highest BCUT2D eigenvalue weighted by Gasteiger charge is 2.43. The van der Waals surface area contributed by atoms with Crippen LogP contribution in [0.5, 0.6) is 0 Å². The fourth-order valence-corrected chi connectivity index (χ4v) is 1.70. The van der Waals surface area contributed by atoms with E-state index in [2.05, 4.69) is 4.74 Å². The zero-order valence-corrected chi connectivity index (χ0v) is 11.4. The van der Waals surface area contributed by atoms with Gasteiger partial charge in [0, 0.05) is 5.02 Å². The van der Waals surface area contributed by atoms with Crippen LogP contribution in [0.4, 0.5) is 13.2 Å². The van der Waals surface area contributed by atoms with Crippen molar-refractivity contribution in [2.75, 3.05) is 7.11 Å². The molecule has 0 saturated heterocycles. The summed E-state index contributed by atoms with van der Waals surface area (Å²) in [4.78, 5) is 22.4. The van der Waals surface area contributed by atoms with Gasteiger partial charge in [-0.2, -0.15) is 13.2 Å². The number of carbonyl (C=O) groups is 2. The summed E-state index contributed by atoms with van der Waals surface area (Å²) in [5, 5.41) is 11.6. The molecule has 1 aromatic rings. The van der Waals surface area contributed by atoms with E-state index < -0.39 is 30.2 Å². The Hall–Kier alpha value is -1.80. The van der Waals surface area contributed by atoms with Gasteiger partial charge in [-0.25, -0.2) is 4.79 Å². The van der Waals surface area contributed by atoms with E-state index in [4.69, 9.17) is 11.6 Å². The summed E-state index contributed by atoms with van der Waals surface area (Å²) in [6.07, 6.45) is -6.94. The van der Waals surface area contributed by atoms with Crippen LogP contribution < -0.4 is 5.32 Å². The smallest absolute Gasteiger partial charge is 0.467 e. The van der Waals surface area contributed by atoms with Crippen molar-refractivity contribution in [2.24, 2.45) is 0 Å². The van der Waals surface area contributed by atoms with Crippen LogP contribution in [-0.4, -0.2) is 36.3 Å². The third kappa shape index (κ3) is 4.61. The Morgan fingerprint density at radius 1 is 1.38 bits per heavy atom. The van der Waals surface area contributed by atoms with Crippen LogP contribution >= 0.6 is 11.6 Å². The average Bonchev–Trinajstić information content (AvgIpc) is 2.41. The molecule has 21 heavy (non-hydrogen) atoms. The third-order valence-electron chi connectivity index (χ3n) is 2.51. The molecule has 0 aromatic heterocycles. The molecule has 2 atom stereocenters. The van der Waals surface area contributed by atoms with Gasteiger partial charge in [0.05, 0.1) is 7.11 Å². The maximum Gasteiger partial charge on any atom is 0.471 e. The lowest BCUT2D eigenvalue weighted by molar-refractivity contribution is -0.177. The molecule has 1 amide bonds. The van der Waals surface area contributed by atoms with Gasteiger partial charge in [-0.1, -0.05) is 23.7 Å². The summed E-state index contributed by atoms with van der Waals surface area (Å²) in [5.74, 6) is -3.58. The van der Waals surface area contributed by atoms with Crippen molar-refractivity contribution < 1.29 is 32.6 Å². The number of benzene rings is 1. The number of ether oxygens (including phenoxy) is 1. The molecule has 0 aliphatic heterocycles. The maximum absolute atomic E-state index is 12.2. The first-order chi connectivity index (χ1) is 9.66. The van der Waals surface area contributed by atoms with Crippen LogP contribution in [0.1, 0.15) is 11.7 Å². The predicted molar refractivity (Wildman–Crippen MR) is 66.4 cm³/mol. The van der Waals surface area contributed by atoms with E-state index in [1.807, 2.05) is 0 Å². The second kappa shape index (κ2) is 6.77. The van der Waals surface area contributed by atoms with Crippen molar-refractivity contribution in [3.63, 3.8) is 0 Å². The Bertz CT molecular complexity index is 535. The van der Waals surface area contributed by atoms with Gasteiger partial charge in [0.2, 0.25) is 0 Å². The molecular formula is C12H11ClF3NO4. The lowest BCUT2D eigenvalue weighted by atomic mass is 10.0. The molecule has 0 unspecified atom stereocenters. The first-order valence-corrected chi connectivity index (χ1v) is 5.93. The molecular weight excluding hydrogens is 315 g/mol. The standard InChI is InChI=1S/C12H11ClF3NO4/c1-21-10(19)8(17-11(20)12(14,15)16)9(18)6-3-2-4-7(13)5-6/h2-5,8-9,18H,1H3,(H,17,20)/t8-,9-/m0/s1. The number of aliphatic hydroxyl groups is 1. The maximum atomic E-state index is 12.2. The Morgan fingerprint density at radius 2 is 2.00 bits per heavy atom. The number of amides is 1. The zero-order valence-electron chi connectivity index (χ0n) is 10.6. The minimum atomic E-state index is -5.19. The van der Waals surface area contributed by atoms with E-state index in [9.17, 15) is 27.9 Å². The molecule has 2 N–H and O–H groups in total. The molecule has 0 bridgehead atoms. The number of alkyl halides is 3. The van der Waals surface area contributed by atoms with Crippen LogP contribution in [0.15, 0.2) is 24.3 Å². The van der Waals surface area contributed by atoms with E-state index in [0.717, 1.165) is 7.11 Å². The van der Waals surface area contributed by atoms with Gasteiger partial charge >= 0.3 is 18.1 Å². The topological polar surface area (TPSA) is 75.6 Å². The number of nitrogens with one attached hydrogen (secondary N) is 1.